The van der Waals surface area contributed by atoms with Crippen LogP contribution in [0.2, 0.25) is 0 Å². The highest BCUT2D eigenvalue weighted by Crippen LogP contribution is 2.09. The number of hydrogen-bond donors (Lipinski definition) is 1. The van der Waals surface area contributed by atoms with E-state index in [0.29, 0.717) is 30.4 Å². The van der Waals surface area contributed by atoms with Gasteiger partial charge in [-0.05, 0) is 12.7 Å². The fourth-order valence-electron chi connectivity index (χ4n) is 0.962. The molecule has 1 aromatic rings. The SMILES string of the molecule is CSCc1nnc(CCCC(=O)O)o1. The predicted molar refractivity (Wildman–Crippen MR) is 52.1 cm³/mol. The number of carbonyl (C=O) groups is 1. The summed E-state index contributed by atoms with van der Waals surface area (Å²) in [6.07, 6.45) is 3.17. The molecule has 0 aromatic carbocycles. The zero-order valence-corrected chi connectivity index (χ0v) is 8.71. The summed E-state index contributed by atoms with van der Waals surface area (Å²) >= 11 is 1.61. The first-order valence-corrected chi connectivity index (χ1v) is 5.63. The number of rotatable bonds is 6. The quantitative estimate of drug-likeness (QED) is 0.773. The standard InChI is InChI=1S/C8H12N2O3S/c1-14-5-7-10-9-6(13-7)3-2-4-8(11)12/h2-5H2,1H3,(H,11,12). The molecule has 1 N–H and O–H groups in total. The summed E-state index contributed by atoms with van der Waals surface area (Å²) < 4.78 is 5.27. The Bertz CT molecular complexity index is 301. The minimum Gasteiger partial charge on any atom is -0.481 e. The van der Waals surface area contributed by atoms with Crippen LogP contribution < -0.4 is 0 Å². The van der Waals surface area contributed by atoms with Crippen molar-refractivity contribution in [3.8, 4) is 0 Å². The number of aliphatic carboxylic acids is 1. The van der Waals surface area contributed by atoms with Gasteiger partial charge in [0.25, 0.3) is 0 Å². The van der Waals surface area contributed by atoms with Crippen LogP contribution in [0.15, 0.2) is 4.42 Å². The normalized spacial score (nSPS) is 10.4. The molecule has 0 aliphatic rings. The van der Waals surface area contributed by atoms with Crippen LogP contribution >= 0.6 is 11.8 Å². The van der Waals surface area contributed by atoms with Gasteiger partial charge in [0.2, 0.25) is 11.8 Å². The van der Waals surface area contributed by atoms with Crippen LogP contribution in [0.25, 0.3) is 0 Å². The Kier molecular flexibility index (Phi) is 4.45. The summed E-state index contributed by atoms with van der Waals surface area (Å²) in [7, 11) is 0. The Morgan fingerprint density at radius 2 is 2.21 bits per heavy atom. The van der Waals surface area contributed by atoms with E-state index < -0.39 is 5.97 Å². The summed E-state index contributed by atoms with van der Waals surface area (Å²) in [6.45, 7) is 0. The molecule has 1 aromatic heterocycles. The molecule has 5 nitrogen and oxygen atoms in total. The van der Waals surface area contributed by atoms with Gasteiger partial charge in [0, 0.05) is 12.8 Å². The average molecular weight is 216 g/mol. The lowest BCUT2D eigenvalue weighted by Crippen LogP contribution is -1.95. The van der Waals surface area contributed by atoms with Crippen LogP contribution in [-0.4, -0.2) is 27.5 Å². The van der Waals surface area contributed by atoms with Gasteiger partial charge in [0.1, 0.15) is 0 Å². The molecule has 78 valence electrons. The molecule has 1 heterocycles. The number of carboxylic acids is 1. The second-order valence-corrected chi connectivity index (χ2v) is 3.64. The molecule has 0 aliphatic carbocycles. The zero-order chi connectivity index (χ0) is 10.4. The molecular weight excluding hydrogens is 204 g/mol. The van der Waals surface area contributed by atoms with E-state index in [9.17, 15) is 4.79 Å². The highest BCUT2D eigenvalue weighted by atomic mass is 32.2. The Balaban J connectivity index is 2.32. The van der Waals surface area contributed by atoms with Gasteiger partial charge in [0.05, 0.1) is 5.75 Å². The molecule has 0 radical (unpaired) electrons. The first-order valence-electron chi connectivity index (χ1n) is 4.24. The number of carboxylic acid groups (broad SMARTS) is 1. The highest BCUT2D eigenvalue weighted by molar-refractivity contribution is 7.97. The number of aromatic nitrogens is 2. The molecule has 0 aliphatic heterocycles. The maximum absolute atomic E-state index is 10.2. The fraction of sp³-hybridized carbons (Fsp3) is 0.625. The number of aryl methyl sites for hydroxylation is 1. The molecule has 0 saturated carbocycles. The summed E-state index contributed by atoms with van der Waals surface area (Å²) in [5.41, 5.74) is 0. The lowest BCUT2D eigenvalue weighted by molar-refractivity contribution is -0.137. The molecule has 0 atom stereocenters. The van der Waals surface area contributed by atoms with E-state index in [2.05, 4.69) is 10.2 Å². The maximum atomic E-state index is 10.2. The van der Waals surface area contributed by atoms with Crippen LogP contribution in [0.1, 0.15) is 24.6 Å². The fourth-order valence-corrected chi connectivity index (χ4v) is 1.33. The monoisotopic (exact) mass is 216 g/mol. The van der Waals surface area contributed by atoms with Gasteiger partial charge in [-0.15, -0.1) is 10.2 Å². The van der Waals surface area contributed by atoms with E-state index in [0.717, 1.165) is 0 Å². The average Bonchev–Trinajstić information content (AvgIpc) is 2.53. The summed E-state index contributed by atoms with van der Waals surface area (Å²) in [4.78, 5) is 10.2. The summed E-state index contributed by atoms with van der Waals surface area (Å²) in [5, 5.41) is 16.0. The molecule has 1 rings (SSSR count). The van der Waals surface area contributed by atoms with Gasteiger partial charge in [-0.25, -0.2) is 0 Å². The third-order valence-corrected chi connectivity index (χ3v) is 2.09. The van der Waals surface area contributed by atoms with Crippen molar-refractivity contribution in [3.05, 3.63) is 11.8 Å². The maximum Gasteiger partial charge on any atom is 0.303 e. The van der Waals surface area contributed by atoms with E-state index in [1.54, 1.807) is 11.8 Å². The molecule has 0 unspecified atom stereocenters. The van der Waals surface area contributed by atoms with Crippen molar-refractivity contribution in [2.45, 2.75) is 25.0 Å². The van der Waals surface area contributed by atoms with Crippen LogP contribution in [0.3, 0.4) is 0 Å². The van der Waals surface area contributed by atoms with Crippen LogP contribution in [-0.2, 0) is 17.0 Å². The van der Waals surface area contributed by atoms with Gasteiger partial charge < -0.3 is 9.52 Å². The largest absolute Gasteiger partial charge is 0.481 e. The van der Waals surface area contributed by atoms with Gasteiger partial charge in [-0.1, -0.05) is 0 Å². The van der Waals surface area contributed by atoms with Crippen molar-refractivity contribution in [1.82, 2.24) is 10.2 Å². The van der Waals surface area contributed by atoms with Crippen molar-refractivity contribution < 1.29 is 14.3 Å². The van der Waals surface area contributed by atoms with Crippen LogP contribution in [0.5, 0.6) is 0 Å². The Morgan fingerprint density at radius 3 is 2.86 bits per heavy atom. The lowest BCUT2D eigenvalue weighted by Gasteiger charge is -1.91. The minimum absolute atomic E-state index is 0.139. The summed E-state index contributed by atoms with van der Waals surface area (Å²) in [6, 6.07) is 0. The highest BCUT2D eigenvalue weighted by Gasteiger charge is 2.05. The van der Waals surface area contributed by atoms with E-state index in [1.807, 2.05) is 6.26 Å². The Hall–Kier alpha value is -1.04. The van der Waals surface area contributed by atoms with E-state index in [-0.39, 0.29) is 6.42 Å². The minimum atomic E-state index is -0.797. The first kappa shape index (κ1) is 11.0. The molecule has 0 saturated heterocycles. The third kappa shape index (κ3) is 3.78. The van der Waals surface area contributed by atoms with Crippen LogP contribution in [0.4, 0.5) is 0 Å². The van der Waals surface area contributed by atoms with E-state index in [4.69, 9.17) is 9.52 Å². The van der Waals surface area contributed by atoms with Gasteiger partial charge in [-0.3, -0.25) is 4.79 Å². The Labute approximate surface area is 85.9 Å². The van der Waals surface area contributed by atoms with Crippen molar-refractivity contribution in [1.29, 1.82) is 0 Å². The molecule has 6 heteroatoms. The molecular formula is C8H12N2O3S. The number of hydrogen-bond acceptors (Lipinski definition) is 5. The molecule has 14 heavy (non-hydrogen) atoms. The smallest absolute Gasteiger partial charge is 0.303 e. The predicted octanol–water partition coefficient (Wildman–Crippen LogP) is 1.34. The van der Waals surface area contributed by atoms with Crippen LogP contribution in [0, 0.1) is 0 Å². The van der Waals surface area contributed by atoms with Gasteiger partial charge in [-0.2, -0.15) is 11.8 Å². The zero-order valence-electron chi connectivity index (χ0n) is 7.89. The topological polar surface area (TPSA) is 76.2 Å². The number of nitrogens with zero attached hydrogens (tertiary/aromatic N) is 2. The van der Waals surface area contributed by atoms with Crippen molar-refractivity contribution in [2.24, 2.45) is 0 Å². The first-order chi connectivity index (χ1) is 6.72. The van der Waals surface area contributed by atoms with Gasteiger partial charge >= 0.3 is 5.97 Å². The second kappa shape index (κ2) is 5.64. The third-order valence-electron chi connectivity index (χ3n) is 1.56. The van der Waals surface area contributed by atoms with Crippen molar-refractivity contribution in [2.75, 3.05) is 6.26 Å². The van der Waals surface area contributed by atoms with Crippen molar-refractivity contribution in [3.63, 3.8) is 0 Å². The number of thioether (sulfide) groups is 1. The second-order valence-electron chi connectivity index (χ2n) is 2.77. The molecule has 0 amide bonds. The van der Waals surface area contributed by atoms with Crippen molar-refractivity contribution >= 4 is 17.7 Å². The lowest BCUT2D eigenvalue weighted by atomic mass is 10.2. The molecule has 0 fully saturated rings. The Morgan fingerprint density at radius 1 is 1.50 bits per heavy atom. The summed E-state index contributed by atoms with van der Waals surface area (Å²) in [5.74, 6) is 1.03. The van der Waals surface area contributed by atoms with Gasteiger partial charge in [0.15, 0.2) is 0 Å². The van der Waals surface area contributed by atoms with E-state index >= 15 is 0 Å². The van der Waals surface area contributed by atoms with E-state index in [1.165, 1.54) is 0 Å². The molecule has 0 spiro atoms. The molecule has 0 bridgehead atoms.